The molecule has 0 radical (unpaired) electrons. The second-order valence-corrected chi connectivity index (χ2v) is 2.85. The molecule has 0 amide bonds. The number of aromatic nitrogens is 5. The standard InChI is InChI=1S/C8H7N5O2/c1-5-10-11-12-13(5)7-3-2-6(4-9-7)8(14)15/h2-4H,1H3,(H,14,15). The van der Waals surface area contributed by atoms with Crippen molar-refractivity contribution < 1.29 is 9.90 Å². The minimum Gasteiger partial charge on any atom is -0.478 e. The summed E-state index contributed by atoms with van der Waals surface area (Å²) in [6.45, 7) is 1.73. The summed E-state index contributed by atoms with van der Waals surface area (Å²) in [5, 5.41) is 19.5. The third-order valence-electron chi connectivity index (χ3n) is 1.84. The monoisotopic (exact) mass is 205 g/mol. The van der Waals surface area contributed by atoms with Crippen molar-refractivity contribution in [1.82, 2.24) is 25.2 Å². The van der Waals surface area contributed by atoms with Gasteiger partial charge in [0.15, 0.2) is 11.6 Å². The molecule has 15 heavy (non-hydrogen) atoms. The Kier molecular flexibility index (Phi) is 2.13. The number of pyridine rings is 1. The highest BCUT2D eigenvalue weighted by molar-refractivity contribution is 5.87. The molecule has 0 aliphatic heterocycles. The van der Waals surface area contributed by atoms with Gasteiger partial charge < -0.3 is 5.11 Å². The normalized spacial score (nSPS) is 10.2. The van der Waals surface area contributed by atoms with Crippen LogP contribution in [0.1, 0.15) is 16.2 Å². The van der Waals surface area contributed by atoms with Gasteiger partial charge >= 0.3 is 5.97 Å². The van der Waals surface area contributed by atoms with Crippen molar-refractivity contribution >= 4 is 5.97 Å². The van der Waals surface area contributed by atoms with E-state index in [0.29, 0.717) is 11.6 Å². The molecular weight excluding hydrogens is 198 g/mol. The fraction of sp³-hybridized carbons (Fsp3) is 0.125. The van der Waals surface area contributed by atoms with Gasteiger partial charge in [-0.25, -0.2) is 9.78 Å². The molecule has 0 spiro atoms. The average molecular weight is 205 g/mol. The first kappa shape index (κ1) is 9.25. The van der Waals surface area contributed by atoms with Gasteiger partial charge in [0.25, 0.3) is 0 Å². The summed E-state index contributed by atoms with van der Waals surface area (Å²) < 4.78 is 1.42. The topological polar surface area (TPSA) is 93.8 Å². The zero-order valence-electron chi connectivity index (χ0n) is 7.82. The van der Waals surface area contributed by atoms with E-state index in [9.17, 15) is 4.79 Å². The molecule has 2 heterocycles. The predicted molar refractivity (Wildman–Crippen MR) is 48.6 cm³/mol. The smallest absolute Gasteiger partial charge is 0.337 e. The van der Waals surface area contributed by atoms with E-state index in [0.717, 1.165) is 0 Å². The molecule has 0 aliphatic rings. The number of aromatic carboxylic acids is 1. The van der Waals surface area contributed by atoms with Crippen LogP contribution in [0.3, 0.4) is 0 Å². The molecular formula is C8H7N5O2. The van der Waals surface area contributed by atoms with Gasteiger partial charge in [-0.2, -0.15) is 4.68 Å². The van der Waals surface area contributed by atoms with Crippen LogP contribution in [0, 0.1) is 6.92 Å². The minimum atomic E-state index is -1.01. The Morgan fingerprint density at radius 1 is 1.47 bits per heavy atom. The number of tetrazole rings is 1. The highest BCUT2D eigenvalue weighted by atomic mass is 16.4. The van der Waals surface area contributed by atoms with Gasteiger partial charge in [-0.15, -0.1) is 5.10 Å². The third kappa shape index (κ3) is 1.66. The molecule has 7 heteroatoms. The lowest BCUT2D eigenvalue weighted by atomic mass is 10.3. The van der Waals surface area contributed by atoms with Crippen LogP contribution in [0.15, 0.2) is 18.3 Å². The zero-order valence-corrected chi connectivity index (χ0v) is 7.82. The number of hydrogen-bond donors (Lipinski definition) is 1. The van der Waals surface area contributed by atoms with E-state index in [1.54, 1.807) is 13.0 Å². The van der Waals surface area contributed by atoms with Crippen LogP contribution in [0.2, 0.25) is 0 Å². The van der Waals surface area contributed by atoms with Crippen LogP contribution in [-0.2, 0) is 0 Å². The van der Waals surface area contributed by atoms with Crippen LogP contribution in [0.25, 0.3) is 5.82 Å². The van der Waals surface area contributed by atoms with Gasteiger partial charge in [0.1, 0.15) is 0 Å². The van der Waals surface area contributed by atoms with Crippen molar-refractivity contribution in [3.63, 3.8) is 0 Å². The lowest BCUT2D eigenvalue weighted by Gasteiger charge is -2.00. The number of carboxylic acids is 1. The van der Waals surface area contributed by atoms with E-state index >= 15 is 0 Å². The molecule has 2 aromatic rings. The Morgan fingerprint density at radius 3 is 2.73 bits per heavy atom. The maximum Gasteiger partial charge on any atom is 0.337 e. The Hall–Kier alpha value is -2.31. The average Bonchev–Trinajstić information content (AvgIpc) is 2.65. The fourth-order valence-corrected chi connectivity index (χ4v) is 1.08. The summed E-state index contributed by atoms with van der Waals surface area (Å²) in [6.07, 6.45) is 1.26. The van der Waals surface area contributed by atoms with Crippen LogP contribution in [-0.4, -0.2) is 36.3 Å². The Labute approximate surface area is 84.4 Å². The van der Waals surface area contributed by atoms with Gasteiger partial charge in [0.2, 0.25) is 0 Å². The second-order valence-electron chi connectivity index (χ2n) is 2.85. The molecule has 0 aromatic carbocycles. The summed E-state index contributed by atoms with van der Waals surface area (Å²) in [4.78, 5) is 14.5. The van der Waals surface area contributed by atoms with Crippen molar-refractivity contribution in [1.29, 1.82) is 0 Å². The van der Waals surface area contributed by atoms with E-state index in [1.165, 1.54) is 16.9 Å². The highest BCUT2D eigenvalue weighted by Gasteiger charge is 2.06. The van der Waals surface area contributed by atoms with Gasteiger partial charge in [-0.1, -0.05) is 0 Å². The highest BCUT2D eigenvalue weighted by Crippen LogP contribution is 2.05. The van der Waals surface area contributed by atoms with E-state index < -0.39 is 5.97 Å². The number of rotatable bonds is 2. The van der Waals surface area contributed by atoms with Crippen molar-refractivity contribution in [3.05, 3.63) is 29.7 Å². The lowest BCUT2D eigenvalue weighted by molar-refractivity contribution is 0.0696. The largest absolute Gasteiger partial charge is 0.478 e. The van der Waals surface area contributed by atoms with Crippen molar-refractivity contribution in [2.45, 2.75) is 6.92 Å². The van der Waals surface area contributed by atoms with Crippen LogP contribution < -0.4 is 0 Å². The molecule has 0 bridgehead atoms. The lowest BCUT2D eigenvalue weighted by Crippen LogP contribution is -2.04. The predicted octanol–water partition coefficient (Wildman–Crippen LogP) is 0.0639. The van der Waals surface area contributed by atoms with Gasteiger partial charge in [0, 0.05) is 6.20 Å². The van der Waals surface area contributed by atoms with Gasteiger partial charge in [-0.3, -0.25) is 0 Å². The van der Waals surface area contributed by atoms with E-state index in [1.807, 2.05) is 0 Å². The quantitative estimate of drug-likeness (QED) is 0.745. The van der Waals surface area contributed by atoms with Crippen molar-refractivity contribution in [3.8, 4) is 5.82 Å². The third-order valence-corrected chi connectivity index (χ3v) is 1.84. The van der Waals surface area contributed by atoms with Crippen LogP contribution >= 0.6 is 0 Å². The molecule has 0 atom stereocenters. The molecule has 2 rings (SSSR count). The first-order valence-corrected chi connectivity index (χ1v) is 4.13. The molecule has 2 aromatic heterocycles. The number of nitrogens with zero attached hydrogens (tertiary/aromatic N) is 5. The Bertz CT molecular complexity index is 490. The maximum absolute atomic E-state index is 10.6. The number of carbonyl (C=O) groups is 1. The van der Waals surface area contributed by atoms with Crippen molar-refractivity contribution in [2.24, 2.45) is 0 Å². The fourth-order valence-electron chi connectivity index (χ4n) is 1.08. The summed E-state index contributed by atoms with van der Waals surface area (Å²) in [6, 6.07) is 3.00. The molecule has 0 unspecified atom stereocenters. The Balaban J connectivity index is 2.40. The molecule has 0 aliphatic carbocycles. The Morgan fingerprint density at radius 2 is 2.27 bits per heavy atom. The zero-order chi connectivity index (χ0) is 10.8. The molecule has 0 saturated heterocycles. The maximum atomic E-state index is 10.6. The molecule has 7 nitrogen and oxygen atoms in total. The second kappa shape index (κ2) is 3.45. The summed E-state index contributed by atoms with van der Waals surface area (Å²) >= 11 is 0. The summed E-state index contributed by atoms with van der Waals surface area (Å²) in [5.74, 6) is 0.0653. The van der Waals surface area contributed by atoms with E-state index in [-0.39, 0.29) is 5.56 Å². The molecule has 1 N–H and O–H groups in total. The van der Waals surface area contributed by atoms with E-state index in [4.69, 9.17) is 5.11 Å². The molecule has 76 valence electrons. The molecule has 0 fully saturated rings. The summed E-state index contributed by atoms with van der Waals surface area (Å²) in [7, 11) is 0. The summed E-state index contributed by atoms with van der Waals surface area (Å²) in [5.41, 5.74) is 0.129. The first-order valence-electron chi connectivity index (χ1n) is 4.13. The minimum absolute atomic E-state index is 0.129. The van der Waals surface area contributed by atoms with E-state index in [2.05, 4.69) is 20.5 Å². The number of aryl methyl sites for hydroxylation is 1. The first-order chi connectivity index (χ1) is 7.18. The SMILES string of the molecule is Cc1nnnn1-c1ccc(C(=O)O)cn1. The van der Waals surface area contributed by atoms with Crippen LogP contribution in [0.4, 0.5) is 0 Å². The number of hydrogen-bond acceptors (Lipinski definition) is 5. The van der Waals surface area contributed by atoms with Gasteiger partial charge in [0.05, 0.1) is 5.56 Å². The number of carboxylic acid groups (broad SMARTS) is 1. The van der Waals surface area contributed by atoms with Crippen LogP contribution in [0.5, 0.6) is 0 Å². The molecule has 0 saturated carbocycles. The van der Waals surface area contributed by atoms with Gasteiger partial charge in [-0.05, 0) is 29.5 Å². The van der Waals surface area contributed by atoms with Crippen molar-refractivity contribution in [2.75, 3.05) is 0 Å².